The summed E-state index contributed by atoms with van der Waals surface area (Å²) < 4.78 is 17.9. The summed E-state index contributed by atoms with van der Waals surface area (Å²) in [7, 11) is -4.41. The Morgan fingerprint density at radius 1 is 1.17 bits per heavy atom. The highest BCUT2D eigenvalue weighted by Crippen LogP contribution is 2.50. The van der Waals surface area contributed by atoms with E-state index >= 15 is 0 Å². The van der Waals surface area contributed by atoms with Gasteiger partial charge in [-0.15, -0.1) is 0 Å². The summed E-state index contributed by atoms with van der Waals surface area (Å²) in [5.41, 5.74) is 6.51. The summed E-state index contributed by atoms with van der Waals surface area (Å²) in [6, 6.07) is 9.72. The molecule has 164 valence electrons. The second-order valence-electron chi connectivity index (χ2n) is 7.38. The van der Waals surface area contributed by atoms with E-state index in [1.165, 1.54) is 0 Å². The molecule has 8 nitrogen and oxygen atoms in total. The predicted octanol–water partition coefficient (Wildman–Crippen LogP) is 2.89. The van der Waals surface area contributed by atoms with Crippen LogP contribution in [0.5, 0.6) is 0 Å². The Morgan fingerprint density at radius 3 is 2.38 bits per heavy atom. The van der Waals surface area contributed by atoms with Crippen LogP contribution in [-0.4, -0.2) is 40.3 Å². The molecule has 29 heavy (non-hydrogen) atoms. The molecular weight excluding hydrogens is 395 g/mol. The average molecular weight is 428 g/mol. The number of aliphatic carboxylic acids is 1. The molecule has 0 spiro atoms. The molecule has 0 bridgehead atoms. The van der Waals surface area contributed by atoms with Gasteiger partial charge in [0.05, 0.1) is 0 Å². The van der Waals surface area contributed by atoms with Gasteiger partial charge in [-0.3, -0.25) is 13.9 Å². The first-order chi connectivity index (χ1) is 13.7. The quantitative estimate of drug-likeness (QED) is 0.264. The Bertz CT molecular complexity index is 683. The number of benzene rings is 1. The van der Waals surface area contributed by atoms with Crippen LogP contribution in [0.1, 0.15) is 51.5 Å². The second kappa shape index (κ2) is 12.8. The van der Waals surface area contributed by atoms with Crippen LogP contribution in [0.2, 0.25) is 0 Å². The number of nitrogens with one attached hydrogen (secondary N) is 1. The number of hydrogen-bond donors (Lipinski definition) is 4. The maximum absolute atomic E-state index is 12.8. The van der Waals surface area contributed by atoms with E-state index in [9.17, 15) is 24.2 Å². The molecule has 3 atom stereocenters. The van der Waals surface area contributed by atoms with E-state index in [2.05, 4.69) is 5.32 Å². The number of rotatable bonds is 14. The SMILES string of the molecule is CC(C)C(NC(=O)CCCc1ccccc1)P(=O)(O)OC(CCCCN)C(=O)O. The van der Waals surface area contributed by atoms with Crippen molar-refractivity contribution in [1.29, 1.82) is 0 Å². The summed E-state index contributed by atoms with van der Waals surface area (Å²) in [6.45, 7) is 3.74. The van der Waals surface area contributed by atoms with Gasteiger partial charge in [0.2, 0.25) is 5.91 Å². The Labute approximate surface area is 172 Å². The molecular formula is C20H33N2O6P. The first-order valence-corrected chi connectivity index (χ1v) is 11.6. The third-order valence-electron chi connectivity index (χ3n) is 4.48. The molecule has 0 saturated heterocycles. The maximum atomic E-state index is 12.8. The third kappa shape index (κ3) is 9.54. The molecule has 0 radical (unpaired) electrons. The van der Waals surface area contributed by atoms with Crippen molar-refractivity contribution in [3.05, 3.63) is 35.9 Å². The highest BCUT2D eigenvalue weighted by Gasteiger charge is 2.40. The van der Waals surface area contributed by atoms with Gasteiger partial charge in [0.1, 0.15) is 5.78 Å². The van der Waals surface area contributed by atoms with Gasteiger partial charge in [-0.1, -0.05) is 44.2 Å². The third-order valence-corrected chi connectivity index (χ3v) is 6.46. The lowest BCUT2D eigenvalue weighted by Gasteiger charge is -2.28. The minimum atomic E-state index is -4.41. The zero-order valence-corrected chi connectivity index (χ0v) is 18.0. The monoisotopic (exact) mass is 428 g/mol. The van der Waals surface area contributed by atoms with Gasteiger partial charge in [0, 0.05) is 6.42 Å². The molecule has 1 aromatic carbocycles. The Balaban J connectivity index is 2.66. The average Bonchev–Trinajstić information content (AvgIpc) is 2.65. The number of carboxylic acids is 1. The molecule has 9 heteroatoms. The predicted molar refractivity (Wildman–Crippen MR) is 111 cm³/mol. The van der Waals surface area contributed by atoms with Crippen LogP contribution in [0.3, 0.4) is 0 Å². The number of hydrogen-bond acceptors (Lipinski definition) is 5. The van der Waals surface area contributed by atoms with Crippen molar-refractivity contribution in [2.24, 2.45) is 11.7 Å². The van der Waals surface area contributed by atoms with Crippen molar-refractivity contribution >= 4 is 19.5 Å². The molecule has 0 aromatic heterocycles. The van der Waals surface area contributed by atoms with E-state index in [1.54, 1.807) is 13.8 Å². The smallest absolute Gasteiger partial charge is 0.351 e. The summed E-state index contributed by atoms with van der Waals surface area (Å²) in [5.74, 6) is -3.27. The molecule has 1 aromatic rings. The van der Waals surface area contributed by atoms with E-state index in [0.717, 1.165) is 12.0 Å². The number of unbranched alkanes of at least 4 members (excludes halogenated alkanes) is 1. The van der Waals surface area contributed by atoms with Gasteiger partial charge in [-0.2, -0.15) is 0 Å². The molecule has 3 unspecified atom stereocenters. The lowest BCUT2D eigenvalue weighted by Crippen LogP contribution is -2.40. The van der Waals surface area contributed by atoms with Crippen molar-refractivity contribution in [1.82, 2.24) is 5.32 Å². The van der Waals surface area contributed by atoms with Crippen LogP contribution in [-0.2, 0) is 25.1 Å². The summed E-state index contributed by atoms with van der Waals surface area (Å²) in [6.07, 6.45) is 1.21. The van der Waals surface area contributed by atoms with Crippen LogP contribution in [0.25, 0.3) is 0 Å². The van der Waals surface area contributed by atoms with Gasteiger partial charge < -0.3 is 21.1 Å². The first-order valence-electron chi connectivity index (χ1n) is 9.94. The molecule has 0 aliphatic carbocycles. The molecule has 0 saturated carbocycles. The van der Waals surface area contributed by atoms with Crippen molar-refractivity contribution in [2.45, 2.75) is 64.3 Å². The number of aryl methyl sites for hydroxylation is 1. The van der Waals surface area contributed by atoms with Gasteiger partial charge in [-0.25, -0.2) is 4.79 Å². The highest BCUT2D eigenvalue weighted by molar-refractivity contribution is 7.53. The lowest BCUT2D eigenvalue weighted by molar-refractivity contribution is -0.145. The van der Waals surface area contributed by atoms with E-state index in [-0.39, 0.29) is 18.7 Å². The normalized spacial score (nSPS) is 15.5. The Morgan fingerprint density at radius 2 is 1.83 bits per heavy atom. The van der Waals surface area contributed by atoms with Crippen LogP contribution in [0.15, 0.2) is 30.3 Å². The number of carboxylic acid groups (broad SMARTS) is 1. The van der Waals surface area contributed by atoms with E-state index in [0.29, 0.717) is 25.8 Å². The highest BCUT2D eigenvalue weighted by atomic mass is 31.2. The topological polar surface area (TPSA) is 139 Å². The Kier molecular flexibility index (Phi) is 11.1. The number of carbonyl (C=O) groups is 2. The van der Waals surface area contributed by atoms with Crippen LogP contribution in [0, 0.1) is 5.92 Å². The fraction of sp³-hybridized carbons (Fsp3) is 0.600. The fourth-order valence-corrected chi connectivity index (χ4v) is 4.66. The minimum Gasteiger partial charge on any atom is -0.479 e. The molecule has 5 N–H and O–H groups in total. The maximum Gasteiger partial charge on any atom is 0.351 e. The van der Waals surface area contributed by atoms with Gasteiger partial charge in [-0.05, 0) is 50.1 Å². The zero-order chi connectivity index (χ0) is 21.9. The van der Waals surface area contributed by atoms with Crippen molar-refractivity contribution in [3.8, 4) is 0 Å². The van der Waals surface area contributed by atoms with Crippen molar-refractivity contribution in [3.63, 3.8) is 0 Å². The molecule has 0 heterocycles. The van der Waals surface area contributed by atoms with Gasteiger partial charge in [0.25, 0.3) is 0 Å². The van der Waals surface area contributed by atoms with Crippen LogP contribution in [0.4, 0.5) is 0 Å². The van der Waals surface area contributed by atoms with Crippen molar-refractivity contribution < 1.29 is 28.7 Å². The minimum absolute atomic E-state index is 0.0763. The summed E-state index contributed by atoms with van der Waals surface area (Å²) in [4.78, 5) is 34.1. The van der Waals surface area contributed by atoms with Crippen molar-refractivity contribution in [2.75, 3.05) is 6.54 Å². The summed E-state index contributed by atoms with van der Waals surface area (Å²) in [5, 5.41) is 11.9. The largest absolute Gasteiger partial charge is 0.479 e. The van der Waals surface area contributed by atoms with Crippen LogP contribution < -0.4 is 11.1 Å². The number of carbonyl (C=O) groups excluding carboxylic acids is 1. The molecule has 1 amide bonds. The summed E-state index contributed by atoms with van der Waals surface area (Å²) >= 11 is 0. The van der Waals surface area contributed by atoms with E-state index < -0.39 is 31.4 Å². The van der Waals surface area contributed by atoms with Gasteiger partial charge >= 0.3 is 13.6 Å². The number of amides is 1. The van der Waals surface area contributed by atoms with Gasteiger partial charge in [0.15, 0.2) is 6.10 Å². The van der Waals surface area contributed by atoms with Crippen LogP contribution >= 0.6 is 7.60 Å². The van der Waals surface area contributed by atoms with E-state index in [4.69, 9.17) is 10.3 Å². The standard InChI is InChI=1S/C20H33N2O6P/c1-15(2)19(22-18(23)13-8-11-16-9-4-3-5-10-16)29(26,27)28-17(20(24)25)12-6-7-14-21/h3-5,9-10,15,17,19H,6-8,11-14,21H2,1-2H3,(H,22,23)(H,24,25)(H,26,27). The second-order valence-corrected chi connectivity index (χ2v) is 9.27. The molecule has 0 aliphatic heterocycles. The lowest BCUT2D eigenvalue weighted by atomic mass is 10.1. The number of nitrogens with two attached hydrogens (primary N) is 1. The Hall–Kier alpha value is -1.73. The van der Waals surface area contributed by atoms with E-state index in [1.807, 2.05) is 30.3 Å². The molecule has 1 rings (SSSR count). The fourth-order valence-electron chi connectivity index (χ4n) is 2.90. The molecule has 0 fully saturated rings. The molecule has 0 aliphatic rings. The zero-order valence-electron chi connectivity index (χ0n) is 17.1. The first kappa shape index (κ1) is 25.3.